The molecule has 1 heterocycles. The highest BCUT2D eigenvalue weighted by molar-refractivity contribution is 6.05. The Morgan fingerprint density at radius 3 is 2.35 bits per heavy atom. The van der Waals surface area contributed by atoms with E-state index in [0.717, 1.165) is 36.6 Å². The third-order valence-corrected chi connectivity index (χ3v) is 8.28. The molecule has 12 nitrogen and oxygen atoms in total. The molecule has 1 aliphatic carbocycles. The summed E-state index contributed by atoms with van der Waals surface area (Å²) in [6.07, 6.45) is 4.23. The van der Waals surface area contributed by atoms with E-state index in [4.69, 9.17) is 5.73 Å². The number of carbonyl (C=O) groups is 4. The number of amides is 5. The monoisotopic (exact) mass is 659 g/mol. The number of urea groups is 1. The van der Waals surface area contributed by atoms with E-state index in [1.807, 2.05) is 63.2 Å². The van der Waals surface area contributed by atoms with Crippen LogP contribution in [0.1, 0.15) is 75.3 Å². The molecule has 0 saturated heterocycles. The first kappa shape index (κ1) is 36.4. The van der Waals surface area contributed by atoms with E-state index in [9.17, 15) is 24.3 Å². The fourth-order valence-electron chi connectivity index (χ4n) is 5.88. The van der Waals surface area contributed by atoms with Gasteiger partial charge in [-0.15, -0.1) is 0 Å². The van der Waals surface area contributed by atoms with Crippen molar-refractivity contribution in [1.29, 1.82) is 0 Å². The van der Waals surface area contributed by atoms with Crippen molar-refractivity contribution in [2.45, 2.75) is 89.4 Å². The number of nitrogens with two attached hydrogens (primary N) is 1. The molecule has 3 atom stereocenters. The standard InChI is InChI=1S/C36H49N7O5/c1-36(2,3)41-35(48)42-43(22-25-14-8-5-9-15-25)23-31(44)30(20-24-12-6-4-7-13-24)39-33(46)27(37)21-32(45)40-34(47)29-19-18-26-16-10-11-17-28(26)38-29/h4,6-7,10-13,16-19,25,27,30-31,44H,5,8-9,14-15,20-23,37H2,1-3H3,(H,39,46)(H,40,45,47)(H2,41,42,48)/t27-,30?,31?/m0/s1. The summed E-state index contributed by atoms with van der Waals surface area (Å²) >= 11 is 0. The van der Waals surface area contributed by atoms with E-state index < -0.39 is 47.9 Å². The number of aliphatic hydroxyl groups excluding tert-OH is 1. The van der Waals surface area contributed by atoms with Crippen molar-refractivity contribution in [3.63, 3.8) is 0 Å². The number of benzene rings is 2. The van der Waals surface area contributed by atoms with Gasteiger partial charge in [-0.2, -0.15) is 0 Å². The molecule has 1 aliphatic rings. The summed E-state index contributed by atoms with van der Waals surface area (Å²) in [6.45, 7) is 6.27. The van der Waals surface area contributed by atoms with Crippen molar-refractivity contribution in [2.24, 2.45) is 11.7 Å². The van der Waals surface area contributed by atoms with E-state index in [-0.39, 0.29) is 24.7 Å². The second kappa shape index (κ2) is 17.1. The lowest BCUT2D eigenvalue weighted by Crippen LogP contribution is -2.58. The van der Waals surface area contributed by atoms with Gasteiger partial charge in [0, 0.05) is 24.0 Å². The highest BCUT2D eigenvalue weighted by Crippen LogP contribution is 2.24. The van der Waals surface area contributed by atoms with Crippen LogP contribution in [0.15, 0.2) is 66.7 Å². The number of fused-ring (bicyclic) bond motifs is 1. The summed E-state index contributed by atoms with van der Waals surface area (Å²) in [7, 11) is 0. The summed E-state index contributed by atoms with van der Waals surface area (Å²) in [5, 5.41) is 22.1. The Bertz CT molecular complexity index is 1540. The smallest absolute Gasteiger partial charge is 0.329 e. The van der Waals surface area contributed by atoms with Crippen LogP contribution >= 0.6 is 0 Å². The third kappa shape index (κ3) is 11.7. The topological polar surface area (TPSA) is 179 Å². The highest BCUT2D eigenvalue weighted by atomic mass is 16.3. The number of nitrogens with one attached hydrogen (secondary N) is 4. The van der Waals surface area contributed by atoms with Crippen molar-refractivity contribution in [3.8, 4) is 0 Å². The Labute approximate surface area is 282 Å². The Hall–Kier alpha value is -4.39. The van der Waals surface area contributed by atoms with E-state index in [1.165, 1.54) is 12.5 Å². The summed E-state index contributed by atoms with van der Waals surface area (Å²) in [6, 6.07) is 17.5. The second-order valence-electron chi connectivity index (χ2n) is 13.7. The van der Waals surface area contributed by atoms with Crippen LogP contribution < -0.4 is 27.1 Å². The molecule has 48 heavy (non-hydrogen) atoms. The van der Waals surface area contributed by atoms with Gasteiger partial charge in [-0.25, -0.2) is 14.8 Å². The zero-order chi connectivity index (χ0) is 34.7. The summed E-state index contributed by atoms with van der Waals surface area (Å²) in [5.74, 6) is -1.72. The molecule has 3 aromatic rings. The molecule has 258 valence electrons. The maximum Gasteiger partial charge on any atom is 0.329 e. The van der Waals surface area contributed by atoms with Crippen LogP contribution in [0.25, 0.3) is 10.9 Å². The van der Waals surface area contributed by atoms with Gasteiger partial charge in [0.2, 0.25) is 11.8 Å². The Morgan fingerprint density at radius 2 is 1.65 bits per heavy atom. The molecule has 0 aliphatic heterocycles. The second-order valence-corrected chi connectivity index (χ2v) is 13.7. The maximum atomic E-state index is 13.3. The first-order valence-corrected chi connectivity index (χ1v) is 16.7. The molecular weight excluding hydrogens is 610 g/mol. The van der Waals surface area contributed by atoms with Gasteiger partial charge < -0.3 is 21.5 Å². The molecule has 4 rings (SSSR count). The van der Waals surface area contributed by atoms with Crippen molar-refractivity contribution < 1.29 is 24.3 Å². The van der Waals surface area contributed by atoms with E-state index in [2.05, 4.69) is 26.4 Å². The van der Waals surface area contributed by atoms with Crippen LogP contribution in [0.3, 0.4) is 0 Å². The molecule has 5 amide bonds. The van der Waals surface area contributed by atoms with Crippen molar-refractivity contribution in [3.05, 3.63) is 78.0 Å². The predicted octanol–water partition coefficient (Wildman–Crippen LogP) is 3.19. The fraction of sp³-hybridized carbons (Fsp3) is 0.472. The molecule has 1 fully saturated rings. The zero-order valence-corrected chi connectivity index (χ0v) is 28.1. The van der Waals surface area contributed by atoms with Crippen LogP contribution in [0.5, 0.6) is 0 Å². The largest absolute Gasteiger partial charge is 0.390 e. The number of aromatic nitrogens is 1. The lowest BCUT2D eigenvalue weighted by Gasteiger charge is -2.34. The van der Waals surface area contributed by atoms with Gasteiger partial charge >= 0.3 is 6.03 Å². The molecule has 7 N–H and O–H groups in total. The normalized spacial score (nSPS) is 15.7. The SMILES string of the molecule is CC(C)(C)NC(=O)NN(CC1CCCCC1)CC(O)C(Cc1ccccc1)NC(=O)[C@@H](N)CC(=O)NC(=O)c1ccc2ccccc2n1. The third-order valence-electron chi connectivity index (χ3n) is 8.28. The van der Waals surface area contributed by atoms with Crippen molar-refractivity contribution in [2.75, 3.05) is 13.1 Å². The number of hydrazine groups is 1. The average molecular weight is 660 g/mol. The lowest BCUT2D eigenvalue weighted by molar-refractivity contribution is -0.128. The first-order valence-electron chi connectivity index (χ1n) is 16.7. The molecule has 0 spiro atoms. The van der Waals surface area contributed by atoms with Crippen LogP contribution in [-0.4, -0.2) is 75.7 Å². The van der Waals surface area contributed by atoms with Gasteiger partial charge in [0.05, 0.1) is 30.1 Å². The zero-order valence-electron chi connectivity index (χ0n) is 28.1. The minimum atomic E-state index is -1.29. The van der Waals surface area contributed by atoms with Crippen LogP contribution in [0.4, 0.5) is 4.79 Å². The molecule has 12 heteroatoms. The number of rotatable bonds is 13. The van der Waals surface area contributed by atoms with Crippen LogP contribution in [-0.2, 0) is 16.0 Å². The Morgan fingerprint density at radius 1 is 0.958 bits per heavy atom. The van der Waals surface area contributed by atoms with Crippen LogP contribution in [0, 0.1) is 5.92 Å². The minimum Gasteiger partial charge on any atom is -0.390 e. The Kier molecular flexibility index (Phi) is 13.0. The average Bonchev–Trinajstić information content (AvgIpc) is 3.04. The van der Waals surface area contributed by atoms with Gasteiger partial charge in [-0.3, -0.25) is 25.1 Å². The lowest BCUT2D eigenvalue weighted by atomic mass is 9.89. The number of hydrogen-bond acceptors (Lipinski definition) is 8. The number of carbonyl (C=O) groups excluding carboxylic acids is 4. The predicted molar refractivity (Wildman–Crippen MR) is 184 cm³/mol. The van der Waals surface area contributed by atoms with Gasteiger partial charge in [0.1, 0.15) is 5.69 Å². The maximum absolute atomic E-state index is 13.3. The Balaban J connectivity index is 1.41. The van der Waals surface area contributed by atoms with Gasteiger partial charge in [-0.1, -0.05) is 73.9 Å². The molecule has 1 saturated carbocycles. The number of aliphatic hydroxyl groups is 1. The number of imide groups is 1. The molecule has 2 aromatic carbocycles. The summed E-state index contributed by atoms with van der Waals surface area (Å²) in [5.41, 5.74) is 10.1. The van der Waals surface area contributed by atoms with E-state index in [1.54, 1.807) is 23.2 Å². The van der Waals surface area contributed by atoms with E-state index in [0.29, 0.717) is 18.0 Å². The quantitative estimate of drug-likeness (QED) is 0.152. The number of nitrogens with zero attached hydrogens (tertiary/aromatic N) is 2. The van der Waals surface area contributed by atoms with Gasteiger partial charge in [0.25, 0.3) is 5.91 Å². The van der Waals surface area contributed by atoms with Crippen LogP contribution in [0.2, 0.25) is 0 Å². The van der Waals surface area contributed by atoms with Crippen molar-refractivity contribution in [1.82, 2.24) is 31.4 Å². The molecule has 2 unspecified atom stereocenters. The number of pyridine rings is 1. The number of para-hydroxylation sites is 1. The highest BCUT2D eigenvalue weighted by Gasteiger charge is 2.29. The molecule has 0 radical (unpaired) electrons. The molecule has 1 aromatic heterocycles. The summed E-state index contributed by atoms with van der Waals surface area (Å²) < 4.78 is 0. The first-order chi connectivity index (χ1) is 22.9. The van der Waals surface area contributed by atoms with Gasteiger partial charge in [-0.05, 0) is 63.6 Å². The summed E-state index contributed by atoms with van der Waals surface area (Å²) in [4.78, 5) is 55.9. The molecular formula is C36H49N7O5. The molecule has 0 bridgehead atoms. The van der Waals surface area contributed by atoms with Crippen molar-refractivity contribution >= 4 is 34.7 Å². The van der Waals surface area contributed by atoms with Gasteiger partial charge in [0.15, 0.2) is 0 Å². The van der Waals surface area contributed by atoms with E-state index >= 15 is 0 Å². The minimum absolute atomic E-state index is 0.0504. The number of hydrogen-bond donors (Lipinski definition) is 6. The fourth-order valence-corrected chi connectivity index (χ4v) is 5.88.